The minimum atomic E-state index is -0.716. The van der Waals surface area contributed by atoms with Crippen LogP contribution in [0, 0.1) is 22.9 Å². The molecule has 0 bridgehead atoms. The Kier molecular flexibility index (Phi) is 4.97. The van der Waals surface area contributed by atoms with Gasteiger partial charge in [-0.25, -0.2) is 4.39 Å². The number of nitrogens with zero attached hydrogens (tertiary/aromatic N) is 1. The van der Waals surface area contributed by atoms with Gasteiger partial charge in [-0.2, -0.15) is 0 Å². The standard InChI is InChI=1S/C13H17FN2O3/c1-4-5-9(3)15-13(17)11-7-10(16(18)19)6-8(2)12(11)14/h6-7,9H,4-5H2,1-3H3,(H,15,17). The van der Waals surface area contributed by atoms with Gasteiger partial charge in [-0.3, -0.25) is 14.9 Å². The number of nitro benzene ring substituents is 1. The molecule has 6 heteroatoms. The Balaban J connectivity index is 3.05. The van der Waals surface area contributed by atoms with Crippen molar-refractivity contribution in [2.75, 3.05) is 0 Å². The summed E-state index contributed by atoms with van der Waals surface area (Å²) in [5.74, 6) is -1.34. The predicted molar refractivity (Wildman–Crippen MR) is 69.6 cm³/mol. The van der Waals surface area contributed by atoms with Gasteiger partial charge in [-0.15, -0.1) is 0 Å². The van der Waals surface area contributed by atoms with E-state index in [2.05, 4.69) is 5.32 Å². The van der Waals surface area contributed by atoms with E-state index in [0.717, 1.165) is 25.0 Å². The van der Waals surface area contributed by atoms with Crippen LogP contribution in [0.5, 0.6) is 0 Å². The maximum absolute atomic E-state index is 13.8. The lowest BCUT2D eigenvalue weighted by Gasteiger charge is -2.13. The number of rotatable bonds is 5. The van der Waals surface area contributed by atoms with Crippen LogP contribution in [0.4, 0.5) is 10.1 Å². The summed E-state index contributed by atoms with van der Waals surface area (Å²) in [5, 5.41) is 13.3. The Labute approximate surface area is 111 Å². The van der Waals surface area contributed by atoms with Crippen LogP contribution in [0.25, 0.3) is 0 Å². The Morgan fingerprint density at radius 2 is 2.16 bits per heavy atom. The van der Waals surface area contributed by atoms with Gasteiger partial charge in [-0.05, 0) is 25.8 Å². The minimum absolute atomic E-state index is 0.0856. The fourth-order valence-electron chi connectivity index (χ4n) is 1.83. The van der Waals surface area contributed by atoms with E-state index < -0.39 is 16.6 Å². The first kappa shape index (κ1) is 15.1. The van der Waals surface area contributed by atoms with Gasteiger partial charge >= 0.3 is 0 Å². The van der Waals surface area contributed by atoms with Gasteiger partial charge in [0.05, 0.1) is 10.5 Å². The summed E-state index contributed by atoms with van der Waals surface area (Å²) in [6.07, 6.45) is 1.65. The monoisotopic (exact) mass is 268 g/mol. The lowest BCUT2D eigenvalue weighted by molar-refractivity contribution is -0.385. The smallest absolute Gasteiger partial charge is 0.270 e. The number of benzene rings is 1. The van der Waals surface area contributed by atoms with Crippen molar-refractivity contribution in [3.8, 4) is 0 Å². The summed E-state index contributed by atoms with van der Waals surface area (Å²) >= 11 is 0. The Hall–Kier alpha value is -1.98. The number of nitrogens with one attached hydrogen (secondary N) is 1. The number of hydrogen-bond acceptors (Lipinski definition) is 3. The number of amides is 1. The minimum Gasteiger partial charge on any atom is -0.349 e. The number of halogens is 1. The molecule has 0 aliphatic heterocycles. The second-order valence-corrected chi connectivity index (χ2v) is 4.54. The molecule has 0 fully saturated rings. The second-order valence-electron chi connectivity index (χ2n) is 4.54. The van der Waals surface area contributed by atoms with E-state index in [0.29, 0.717) is 0 Å². The Morgan fingerprint density at radius 1 is 1.53 bits per heavy atom. The molecule has 1 aromatic carbocycles. The molecule has 1 N–H and O–H groups in total. The van der Waals surface area contributed by atoms with E-state index >= 15 is 0 Å². The van der Waals surface area contributed by atoms with E-state index in [1.807, 2.05) is 13.8 Å². The molecular weight excluding hydrogens is 251 g/mol. The van der Waals surface area contributed by atoms with Crippen LogP contribution in [0.15, 0.2) is 12.1 Å². The molecule has 1 amide bonds. The highest BCUT2D eigenvalue weighted by Crippen LogP contribution is 2.21. The third kappa shape index (κ3) is 3.74. The van der Waals surface area contributed by atoms with E-state index in [1.54, 1.807) is 0 Å². The van der Waals surface area contributed by atoms with Crippen molar-refractivity contribution in [3.05, 3.63) is 39.2 Å². The molecule has 19 heavy (non-hydrogen) atoms. The van der Waals surface area contributed by atoms with Gasteiger partial charge in [-0.1, -0.05) is 13.3 Å². The number of carbonyl (C=O) groups excluding carboxylic acids is 1. The van der Waals surface area contributed by atoms with Crippen LogP contribution >= 0.6 is 0 Å². The van der Waals surface area contributed by atoms with Crippen LogP contribution < -0.4 is 5.32 Å². The summed E-state index contributed by atoms with van der Waals surface area (Å²) in [5.41, 5.74) is -0.482. The molecule has 1 aromatic rings. The lowest BCUT2D eigenvalue weighted by atomic mass is 10.1. The molecule has 0 aromatic heterocycles. The van der Waals surface area contributed by atoms with Crippen LogP contribution in [0.3, 0.4) is 0 Å². The molecule has 5 nitrogen and oxygen atoms in total. The largest absolute Gasteiger partial charge is 0.349 e. The highest BCUT2D eigenvalue weighted by Gasteiger charge is 2.20. The quantitative estimate of drug-likeness (QED) is 0.659. The number of nitro groups is 1. The van der Waals surface area contributed by atoms with Crippen molar-refractivity contribution in [3.63, 3.8) is 0 Å². The molecule has 0 saturated carbocycles. The number of carbonyl (C=O) groups is 1. The third-order valence-corrected chi connectivity index (χ3v) is 2.79. The van der Waals surface area contributed by atoms with Gasteiger partial charge in [0.15, 0.2) is 0 Å². The molecular formula is C13H17FN2O3. The molecule has 0 aliphatic rings. The number of hydrogen-bond donors (Lipinski definition) is 1. The van der Waals surface area contributed by atoms with Crippen LogP contribution in [-0.2, 0) is 0 Å². The fraction of sp³-hybridized carbons (Fsp3) is 0.462. The van der Waals surface area contributed by atoms with Crippen molar-refractivity contribution in [1.29, 1.82) is 0 Å². The number of aryl methyl sites for hydroxylation is 1. The first-order valence-corrected chi connectivity index (χ1v) is 6.12. The van der Waals surface area contributed by atoms with Crippen LogP contribution in [0.1, 0.15) is 42.6 Å². The summed E-state index contributed by atoms with van der Waals surface area (Å²) in [6, 6.07) is 1.98. The van der Waals surface area contributed by atoms with Crippen LogP contribution in [-0.4, -0.2) is 16.9 Å². The molecule has 0 radical (unpaired) electrons. The SMILES string of the molecule is CCCC(C)NC(=O)c1cc([N+](=O)[O-])cc(C)c1F. The number of non-ortho nitro benzene ring substituents is 1. The van der Waals surface area contributed by atoms with Crippen molar-refractivity contribution in [2.24, 2.45) is 0 Å². The lowest BCUT2D eigenvalue weighted by Crippen LogP contribution is -2.33. The highest BCUT2D eigenvalue weighted by atomic mass is 19.1. The zero-order valence-electron chi connectivity index (χ0n) is 11.2. The Bertz CT molecular complexity index is 503. The van der Waals surface area contributed by atoms with E-state index in [4.69, 9.17) is 0 Å². The molecule has 1 unspecified atom stereocenters. The molecule has 0 heterocycles. The average Bonchev–Trinajstić information content (AvgIpc) is 2.32. The van der Waals surface area contributed by atoms with Gasteiger partial charge in [0, 0.05) is 18.2 Å². The average molecular weight is 268 g/mol. The maximum atomic E-state index is 13.8. The summed E-state index contributed by atoms with van der Waals surface area (Å²) in [4.78, 5) is 22.0. The van der Waals surface area contributed by atoms with Crippen LogP contribution in [0.2, 0.25) is 0 Å². The predicted octanol–water partition coefficient (Wildman–Crippen LogP) is 2.96. The zero-order valence-corrected chi connectivity index (χ0v) is 11.2. The van der Waals surface area contributed by atoms with E-state index in [1.165, 1.54) is 6.92 Å². The molecule has 0 spiro atoms. The summed E-state index contributed by atoms with van der Waals surface area (Å²) < 4.78 is 13.8. The van der Waals surface area contributed by atoms with Gasteiger partial charge in [0.1, 0.15) is 5.82 Å². The van der Waals surface area contributed by atoms with Crippen molar-refractivity contribution < 1.29 is 14.1 Å². The normalized spacial score (nSPS) is 12.0. The molecule has 1 rings (SSSR count). The van der Waals surface area contributed by atoms with Crippen molar-refractivity contribution in [1.82, 2.24) is 5.32 Å². The zero-order chi connectivity index (χ0) is 14.6. The van der Waals surface area contributed by atoms with Gasteiger partial charge < -0.3 is 5.32 Å². The maximum Gasteiger partial charge on any atom is 0.270 e. The Morgan fingerprint density at radius 3 is 2.68 bits per heavy atom. The van der Waals surface area contributed by atoms with Gasteiger partial charge in [0.25, 0.3) is 11.6 Å². The molecule has 1 atom stereocenters. The topological polar surface area (TPSA) is 72.2 Å². The summed E-state index contributed by atoms with van der Waals surface area (Å²) in [7, 11) is 0. The van der Waals surface area contributed by atoms with Crippen molar-refractivity contribution in [2.45, 2.75) is 39.7 Å². The van der Waals surface area contributed by atoms with E-state index in [9.17, 15) is 19.3 Å². The molecule has 0 saturated heterocycles. The molecule has 0 aliphatic carbocycles. The fourth-order valence-corrected chi connectivity index (χ4v) is 1.83. The molecule has 104 valence electrons. The summed E-state index contributed by atoms with van der Waals surface area (Å²) in [6.45, 7) is 5.18. The van der Waals surface area contributed by atoms with E-state index in [-0.39, 0.29) is 22.9 Å². The van der Waals surface area contributed by atoms with Crippen molar-refractivity contribution >= 4 is 11.6 Å². The first-order valence-electron chi connectivity index (χ1n) is 6.12. The first-order chi connectivity index (χ1) is 8.86. The second kappa shape index (κ2) is 6.26. The highest BCUT2D eigenvalue weighted by molar-refractivity contribution is 5.95. The third-order valence-electron chi connectivity index (χ3n) is 2.79. The van der Waals surface area contributed by atoms with Gasteiger partial charge in [0.2, 0.25) is 0 Å².